The molecule has 4 heterocycles. The Kier molecular flexibility index (Phi) is 9.49. The topological polar surface area (TPSA) is 128 Å². The van der Waals surface area contributed by atoms with E-state index in [0.29, 0.717) is 29.2 Å². The van der Waals surface area contributed by atoms with E-state index < -0.39 is 12.1 Å². The van der Waals surface area contributed by atoms with Crippen molar-refractivity contribution in [2.24, 2.45) is 5.92 Å². The van der Waals surface area contributed by atoms with E-state index in [0.717, 1.165) is 66.0 Å². The summed E-state index contributed by atoms with van der Waals surface area (Å²) in [7, 11) is 1.28. The lowest BCUT2D eigenvalue weighted by atomic mass is 9.91. The van der Waals surface area contributed by atoms with Crippen molar-refractivity contribution >= 4 is 12.0 Å². The van der Waals surface area contributed by atoms with Crippen molar-refractivity contribution in [3.8, 4) is 44.8 Å². The summed E-state index contributed by atoms with van der Waals surface area (Å²) in [5.41, 5.74) is 6.13. The lowest BCUT2D eigenvalue weighted by Crippen LogP contribution is -2.51. The van der Waals surface area contributed by atoms with Crippen molar-refractivity contribution in [3.05, 3.63) is 96.6 Å². The van der Waals surface area contributed by atoms with E-state index in [2.05, 4.69) is 30.6 Å². The Balaban J connectivity index is 1.18. The second-order valence-corrected chi connectivity index (χ2v) is 13.4. The fourth-order valence-electron chi connectivity index (χ4n) is 7.14. The van der Waals surface area contributed by atoms with Crippen LogP contribution >= 0.6 is 0 Å². The Bertz CT molecular complexity index is 1970. The number of ether oxygens (including phenoxy) is 1. The van der Waals surface area contributed by atoms with E-state index in [9.17, 15) is 9.59 Å². The molecule has 0 unspecified atom stereocenters. The summed E-state index contributed by atoms with van der Waals surface area (Å²) in [4.78, 5) is 43.5. The molecule has 2 amide bonds. The normalized spacial score (nSPS) is 18.1. The first-order chi connectivity index (χ1) is 24.3. The molecule has 7 rings (SSSR count). The van der Waals surface area contributed by atoms with Crippen molar-refractivity contribution in [1.82, 2.24) is 35.5 Å². The molecular formula is C39H42FN7O3. The molecule has 2 aliphatic rings. The molecule has 0 radical (unpaired) electrons. The highest BCUT2D eigenvalue weighted by Crippen LogP contribution is 2.39. The Labute approximate surface area is 290 Å². The first-order valence-electron chi connectivity index (χ1n) is 17.3. The smallest absolute Gasteiger partial charge is 0.407 e. The predicted octanol–water partition coefficient (Wildman–Crippen LogP) is 7.41. The maximum absolute atomic E-state index is 16.4. The second kappa shape index (κ2) is 14.3. The van der Waals surface area contributed by atoms with Crippen LogP contribution < -0.4 is 10.6 Å². The number of nitrogens with one attached hydrogen (secondary N) is 4. The molecule has 10 nitrogen and oxygen atoms in total. The number of amides is 2. The fourth-order valence-corrected chi connectivity index (χ4v) is 7.14. The van der Waals surface area contributed by atoms with E-state index in [1.165, 1.54) is 13.2 Å². The van der Waals surface area contributed by atoms with Gasteiger partial charge in [0.05, 0.1) is 43.0 Å². The van der Waals surface area contributed by atoms with Crippen LogP contribution in [-0.2, 0) is 9.53 Å². The minimum Gasteiger partial charge on any atom is -0.453 e. The van der Waals surface area contributed by atoms with E-state index in [4.69, 9.17) is 4.74 Å². The number of carbonyl (C=O) groups is 2. The number of benzene rings is 3. The Morgan fingerprint density at radius 3 is 2.28 bits per heavy atom. The number of imidazole rings is 2. The first kappa shape index (κ1) is 33.2. The quantitative estimate of drug-likeness (QED) is 0.129. The number of carbonyl (C=O) groups excluding carboxylic acids is 2. The third-order valence-corrected chi connectivity index (χ3v) is 9.79. The molecule has 0 aliphatic carbocycles. The van der Waals surface area contributed by atoms with Crippen molar-refractivity contribution < 1.29 is 18.7 Å². The number of aromatic amines is 2. The van der Waals surface area contributed by atoms with Crippen LogP contribution in [0.25, 0.3) is 44.8 Å². The lowest BCUT2D eigenvalue weighted by molar-refractivity contribution is -0.135. The number of nitrogens with zero attached hydrogens (tertiary/aromatic N) is 3. The number of hydrogen-bond acceptors (Lipinski definition) is 6. The number of H-pyrrole nitrogens is 2. The summed E-state index contributed by atoms with van der Waals surface area (Å²) >= 11 is 0. The second-order valence-electron chi connectivity index (χ2n) is 13.4. The Hall–Kier alpha value is -5.29. The van der Waals surface area contributed by atoms with Gasteiger partial charge in [-0.05, 0) is 72.5 Å². The summed E-state index contributed by atoms with van der Waals surface area (Å²) in [6, 6.07) is 20.4. The first-order valence-corrected chi connectivity index (χ1v) is 17.3. The molecule has 0 saturated carbocycles. The summed E-state index contributed by atoms with van der Waals surface area (Å²) < 4.78 is 21.1. The van der Waals surface area contributed by atoms with Gasteiger partial charge in [-0.25, -0.2) is 19.2 Å². The van der Waals surface area contributed by atoms with Gasteiger partial charge in [-0.2, -0.15) is 0 Å². The van der Waals surface area contributed by atoms with E-state index in [-0.39, 0.29) is 29.7 Å². The zero-order valence-corrected chi connectivity index (χ0v) is 28.5. The molecule has 50 heavy (non-hydrogen) atoms. The van der Waals surface area contributed by atoms with Gasteiger partial charge in [-0.3, -0.25) is 4.79 Å². The van der Waals surface area contributed by atoms with Crippen LogP contribution in [0.4, 0.5) is 9.18 Å². The molecule has 3 aromatic carbocycles. The highest BCUT2D eigenvalue weighted by molar-refractivity contribution is 5.88. The Morgan fingerprint density at radius 1 is 0.880 bits per heavy atom. The van der Waals surface area contributed by atoms with Crippen molar-refractivity contribution in [2.75, 3.05) is 20.2 Å². The van der Waals surface area contributed by atoms with Crippen LogP contribution in [0.3, 0.4) is 0 Å². The van der Waals surface area contributed by atoms with Crippen LogP contribution in [0.15, 0.2) is 79.1 Å². The van der Waals surface area contributed by atoms with Gasteiger partial charge in [0.2, 0.25) is 5.91 Å². The number of likely N-dealkylation sites (tertiary alicyclic amines) is 1. The van der Waals surface area contributed by atoms with Crippen LogP contribution in [0.5, 0.6) is 0 Å². The van der Waals surface area contributed by atoms with E-state index in [1.54, 1.807) is 11.1 Å². The monoisotopic (exact) mass is 675 g/mol. The zero-order chi connectivity index (χ0) is 34.8. The van der Waals surface area contributed by atoms with Gasteiger partial charge in [-0.15, -0.1) is 0 Å². The molecule has 2 fully saturated rings. The number of alkyl carbamates (subject to hydrolysis) is 1. The molecule has 2 aromatic heterocycles. The molecule has 0 bridgehead atoms. The number of hydrogen-bond donors (Lipinski definition) is 4. The number of aromatic nitrogens is 4. The highest BCUT2D eigenvalue weighted by Gasteiger charge is 2.37. The Morgan fingerprint density at radius 2 is 1.58 bits per heavy atom. The van der Waals surface area contributed by atoms with Gasteiger partial charge in [0.15, 0.2) is 0 Å². The molecule has 258 valence electrons. The van der Waals surface area contributed by atoms with Gasteiger partial charge in [-0.1, -0.05) is 68.4 Å². The molecule has 0 spiro atoms. The standard InChI is InChI=1S/C39H42FN7O3/c1-23(2)35(46-39(49)50-3)38(48)47-18-8-12-33(47)37-43-22-32(45-37)27-19-28(24-9-5-4-6-10-24)34(29(40)20-27)26-15-13-25(14-16-26)31-21-42-36(44-31)30-11-7-17-41-30/h4-6,9-10,13-16,19-23,30,33,35,41H,7-8,11-12,17-18H2,1-3H3,(H,42,44)(H,43,45)(H,46,49)/t30-,33-,35-/m0/s1. The maximum atomic E-state index is 16.4. The average Bonchev–Trinajstić information content (AvgIpc) is 3.97. The highest BCUT2D eigenvalue weighted by atomic mass is 19.1. The third-order valence-electron chi connectivity index (χ3n) is 9.79. The summed E-state index contributed by atoms with van der Waals surface area (Å²) in [5, 5.41) is 6.16. The van der Waals surface area contributed by atoms with Crippen LogP contribution in [0, 0.1) is 11.7 Å². The van der Waals surface area contributed by atoms with Gasteiger partial charge in [0.25, 0.3) is 0 Å². The van der Waals surface area contributed by atoms with Crippen molar-refractivity contribution in [2.45, 2.75) is 57.7 Å². The fraction of sp³-hybridized carbons (Fsp3) is 0.333. The van der Waals surface area contributed by atoms with E-state index in [1.807, 2.05) is 80.7 Å². The molecule has 3 atom stereocenters. The molecule has 2 saturated heterocycles. The van der Waals surface area contributed by atoms with Crippen LogP contribution in [0.1, 0.15) is 63.3 Å². The summed E-state index contributed by atoms with van der Waals surface area (Å²) in [6.07, 6.45) is 6.63. The number of methoxy groups -OCH3 is 1. The minimum atomic E-state index is -0.729. The van der Waals surface area contributed by atoms with Gasteiger partial charge in [0.1, 0.15) is 23.5 Å². The van der Waals surface area contributed by atoms with Gasteiger partial charge >= 0.3 is 6.09 Å². The van der Waals surface area contributed by atoms with Crippen LogP contribution in [-0.4, -0.2) is 63.1 Å². The zero-order valence-electron chi connectivity index (χ0n) is 28.5. The molecular weight excluding hydrogens is 633 g/mol. The third kappa shape index (κ3) is 6.65. The SMILES string of the molecule is COC(=O)N[C@H](C(=O)N1CCC[C@H]1c1ncc(-c2cc(F)c(-c3ccc(-c4cnc([C@@H]5CCCN5)[nH]4)cc3)c(-c3ccccc3)c2)[nH]1)C(C)C. The average molecular weight is 676 g/mol. The van der Waals surface area contributed by atoms with Crippen LogP contribution in [0.2, 0.25) is 0 Å². The summed E-state index contributed by atoms with van der Waals surface area (Å²) in [5.74, 6) is 0.893. The largest absolute Gasteiger partial charge is 0.453 e. The molecule has 11 heteroatoms. The summed E-state index contributed by atoms with van der Waals surface area (Å²) in [6.45, 7) is 5.32. The minimum absolute atomic E-state index is 0.137. The number of rotatable bonds is 9. The van der Waals surface area contributed by atoms with Crippen molar-refractivity contribution in [1.29, 1.82) is 0 Å². The molecule has 5 aromatic rings. The number of halogens is 1. The van der Waals surface area contributed by atoms with Gasteiger partial charge < -0.3 is 30.2 Å². The lowest BCUT2D eigenvalue weighted by Gasteiger charge is -2.30. The van der Waals surface area contributed by atoms with E-state index >= 15 is 4.39 Å². The predicted molar refractivity (Wildman–Crippen MR) is 190 cm³/mol. The molecule has 2 aliphatic heterocycles. The van der Waals surface area contributed by atoms with Gasteiger partial charge in [0, 0.05) is 17.7 Å². The maximum Gasteiger partial charge on any atom is 0.407 e. The molecule has 4 N–H and O–H groups in total. The van der Waals surface area contributed by atoms with Crippen molar-refractivity contribution in [3.63, 3.8) is 0 Å².